The molecule has 1 fully saturated rings. The molecule has 2 atom stereocenters. The first-order valence-corrected chi connectivity index (χ1v) is 7.59. The van der Waals surface area contributed by atoms with Gasteiger partial charge in [-0.05, 0) is 30.4 Å². The summed E-state index contributed by atoms with van der Waals surface area (Å²) in [7, 11) is 0. The molecule has 0 saturated carbocycles. The van der Waals surface area contributed by atoms with Crippen molar-refractivity contribution in [2.24, 2.45) is 5.92 Å². The molecule has 1 heterocycles. The van der Waals surface area contributed by atoms with Gasteiger partial charge in [0.15, 0.2) is 0 Å². The molecule has 0 aromatic heterocycles. The molecule has 1 N–H and O–H groups in total. The number of rotatable bonds is 3. The lowest BCUT2D eigenvalue weighted by Crippen LogP contribution is -2.57. The Labute approximate surface area is 118 Å². The summed E-state index contributed by atoms with van der Waals surface area (Å²) in [5.74, 6) is 1.24. The molecular formula is C17H28N2. The molecule has 0 bridgehead atoms. The molecule has 0 amide bonds. The van der Waals surface area contributed by atoms with E-state index in [2.05, 4.69) is 69.1 Å². The van der Waals surface area contributed by atoms with Gasteiger partial charge >= 0.3 is 0 Å². The number of nitrogens with one attached hydrogen (secondary N) is 1. The van der Waals surface area contributed by atoms with Crippen molar-refractivity contribution in [3.05, 3.63) is 29.8 Å². The van der Waals surface area contributed by atoms with Gasteiger partial charge in [0.25, 0.3) is 0 Å². The molecule has 1 aliphatic rings. The van der Waals surface area contributed by atoms with Gasteiger partial charge in [0.1, 0.15) is 0 Å². The highest BCUT2D eigenvalue weighted by Crippen LogP contribution is 2.31. The summed E-state index contributed by atoms with van der Waals surface area (Å²) in [6, 6.07) is 10.1. The standard InChI is InChI=1S/C17H28N2/c1-12(2)15-8-6-7-9-16(15)19-11-14(5)18-10-17(19)13(3)4/h6-9,12-14,17-18H,10-11H2,1-5H3. The molecule has 2 heteroatoms. The molecule has 0 spiro atoms. The van der Waals surface area contributed by atoms with Crippen LogP contribution in [0.25, 0.3) is 0 Å². The molecule has 2 unspecified atom stereocenters. The summed E-state index contributed by atoms with van der Waals surface area (Å²) in [5, 5.41) is 3.62. The highest BCUT2D eigenvalue weighted by Gasteiger charge is 2.29. The minimum atomic E-state index is 0.565. The van der Waals surface area contributed by atoms with Gasteiger partial charge in [-0.2, -0.15) is 0 Å². The van der Waals surface area contributed by atoms with Crippen LogP contribution >= 0.6 is 0 Å². The van der Waals surface area contributed by atoms with Gasteiger partial charge in [-0.25, -0.2) is 0 Å². The topological polar surface area (TPSA) is 15.3 Å². The van der Waals surface area contributed by atoms with Crippen LogP contribution in [-0.2, 0) is 0 Å². The zero-order chi connectivity index (χ0) is 14.0. The highest BCUT2D eigenvalue weighted by molar-refractivity contribution is 5.56. The summed E-state index contributed by atoms with van der Waals surface area (Å²) in [4.78, 5) is 2.63. The maximum atomic E-state index is 3.62. The second-order valence-electron chi connectivity index (χ2n) is 6.49. The zero-order valence-corrected chi connectivity index (χ0v) is 13.0. The van der Waals surface area contributed by atoms with E-state index in [-0.39, 0.29) is 0 Å². The minimum Gasteiger partial charge on any atom is -0.365 e. The van der Waals surface area contributed by atoms with Crippen LogP contribution in [-0.4, -0.2) is 25.2 Å². The van der Waals surface area contributed by atoms with Gasteiger partial charge in [-0.15, -0.1) is 0 Å². The first-order valence-electron chi connectivity index (χ1n) is 7.59. The van der Waals surface area contributed by atoms with E-state index in [0.29, 0.717) is 23.9 Å². The summed E-state index contributed by atoms with van der Waals surface area (Å²) in [5.41, 5.74) is 2.91. The zero-order valence-electron chi connectivity index (χ0n) is 13.0. The van der Waals surface area contributed by atoms with Crippen LogP contribution < -0.4 is 10.2 Å². The van der Waals surface area contributed by atoms with Crippen LogP contribution in [0.1, 0.15) is 46.1 Å². The molecule has 1 aromatic rings. The van der Waals surface area contributed by atoms with Crippen molar-refractivity contribution in [1.29, 1.82) is 0 Å². The molecule has 1 aliphatic heterocycles. The molecular weight excluding hydrogens is 232 g/mol. The van der Waals surface area contributed by atoms with Crippen LogP contribution in [0.5, 0.6) is 0 Å². The largest absolute Gasteiger partial charge is 0.365 e. The van der Waals surface area contributed by atoms with Gasteiger partial charge in [0, 0.05) is 30.9 Å². The third-order valence-corrected chi connectivity index (χ3v) is 4.18. The number of hydrogen-bond donors (Lipinski definition) is 1. The summed E-state index contributed by atoms with van der Waals surface area (Å²) in [6.07, 6.45) is 0. The molecule has 19 heavy (non-hydrogen) atoms. The van der Waals surface area contributed by atoms with Crippen LogP contribution in [0.4, 0.5) is 5.69 Å². The summed E-state index contributed by atoms with van der Waals surface area (Å²) < 4.78 is 0. The normalized spacial score (nSPS) is 24.3. The van der Waals surface area contributed by atoms with Crippen LogP contribution in [0.2, 0.25) is 0 Å². The van der Waals surface area contributed by atoms with E-state index in [9.17, 15) is 0 Å². The summed E-state index contributed by atoms with van der Waals surface area (Å²) in [6.45, 7) is 13.7. The molecule has 0 aliphatic carbocycles. The minimum absolute atomic E-state index is 0.565. The second-order valence-corrected chi connectivity index (χ2v) is 6.49. The Bertz CT molecular complexity index is 411. The number of hydrogen-bond acceptors (Lipinski definition) is 2. The Kier molecular flexibility index (Phi) is 4.51. The predicted octanol–water partition coefficient (Wildman–Crippen LogP) is 3.63. The summed E-state index contributed by atoms with van der Waals surface area (Å²) >= 11 is 0. The van der Waals surface area contributed by atoms with E-state index < -0.39 is 0 Å². The van der Waals surface area contributed by atoms with Gasteiger partial charge in [0.05, 0.1) is 0 Å². The first kappa shape index (κ1) is 14.4. The third kappa shape index (κ3) is 3.11. The third-order valence-electron chi connectivity index (χ3n) is 4.18. The molecule has 0 radical (unpaired) electrons. The first-order chi connectivity index (χ1) is 9.00. The maximum absolute atomic E-state index is 3.62. The van der Waals surface area contributed by atoms with Crippen molar-refractivity contribution in [3.63, 3.8) is 0 Å². The van der Waals surface area contributed by atoms with E-state index in [1.54, 1.807) is 0 Å². The SMILES string of the molecule is CC1CN(c2ccccc2C(C)C)C(C(C)C)CN1. The monoisotopic (exact) mass is 260 g/mol. The van der Waals surface area contributed by atoms with Gasteiger partial charge in [-0.1, -0.05) is 45.9 Å². The number of para-hydroxylation sites is 1. The smallest absolute Gasteiger partial charge is 0.0438 e. The van der Waals surface area contributed by atoms with Crippen molar-refractivity contribution in [3.8, 4) is 0 Å². The van der Waals surface area contributed by atoms with E-state index in [4.69, 9.17) is 0 Å². The van der Waals surface area contributed by atoms with Crippen molar-refractivity contribution in [1.82, 2.24) is 5.32 Å². The average molecular weight is 260 g/mol. The highest BCUT2D eigenvalue weighted by atomic mass is 15.2. The Morgan fingerprint density at radius 1 is 1.16 bits per heavy atom. The maximum Gasteiger partial charge on any atom is 0.0438 e. The Morgan fingerprint density at radius 2 is 1.84 bits per heavy atom. The Balaban J connectivity index is 2.36. The van der Waals surface area contributed by atoms with Gasteiger partial charge in [-0.3, -0.25) is 0 Å². The number of piperazine rings is 1. The second kappa shape index (κ2) is 5.96. The average Bonchev–Trinajstić information content (AvgIpc) is 2.38. The van der Waals surface area contributed by atoms with Crippen molar-refractivity contribution in [2.75, 3.05) is 18.0 Å². The molecule has 2 nitrogen and oxygen atoms in total. The number of benzene rings is 1. The lowest BCUT2D eigenvalue weighted by molar-refractivity contribution is 0.348. The van der Waals surface area contributed by atoms with E-state index >= 15 is 0 Å². The molecule has 1 saturated heterocycles. The Morgan fingerprint density at radius 3 is 2.47 bits per heavy atom. The lowest BCUT2D eigenvalue weighted by Gasteiger charge is -2.44. The van der Waals surface area contributed by atoms with Crippen LogP contribution in [0.3, 0.4) is 0 Å². The Hall–Kier alpha value is -1.02. The fraction of sp³-hybridized carbons (Fsp3) is 0.647. The van der Waals surface area contributed by atoms with E-state index in [0.717, 1.165) is 13.1 Å². The lowest BCUT2D eigenvalue weighted by atomic mass is 9.94. The number of nitrogens with zero attached hydrogens (tertiary/aromatic N) is 1. The van der Waals surface area contributed by atoms with Crippen molar-refractivity contribution >= 4 is 5.69 Å². The fourth-order valence-electron chi connectivity index (χ4n) is 3.04. The van der Waals surface area contributed by atoms with Gasteiger partial charge in [0.2, 0.25) is 0 Å². The molecule has 2 rings (SSSR count). The predicted molar refractivity (Wildman–Crippen MR) is 84.0 cm³/mol. The van der Waals surface area contributed by atoms with Crippen molar-refractivity contribution in [2.45, 2.75) is 52.6 Å². The molecule has 106 valence electrons. The molecule has 1 aromatic carbocycles. The van der Waals surface area contributed by atoms with Gasteiger partial charge < -0.3 is 10.2 Å². The van der Waals surface area contributed by atoms with Crippen LogP contribution in [0.15, 0.2) is 24.3 Å². The van der Waals surface area contributed by atoms with E-state index in [1.807, 2.05) is 0 Å². The fourth-order valence-corrected chi connectivity index (χ4v) is 3.04. The number of anilines is 1. The van der Waals surface area contributed by atoms with Crippen molar-refractivity contribution < 1.29 is 0 Å². The quantitative estimate of drug-likeness (QED) is 0.892. The van der Waals surface area contributed by atoms with Crippen LogP contribution in [0, 0.1) is 5.92 Å². The van der Waals surface area contributed by atoms with E-state index in [1.165, 1.54) is 11.3 Å².